The number of fused-ring (bicyclic) bond motifs is 1. The Balaban J connectivity index is 2.53. The highest BCUT2D eigenvalue weighted by Crippen LogP contribution is 2.22. The number of hydrogen-bond acceptors (Lipinski definition) is 3. The van der Waals surface area contributed by atoms with Gasteiger partial charge in [0.05, 0.1) is 22.3 Å². The van der Waals surface area contributed by atoms with Crippen molar-refractivity contribution < 1.29 is 4.39 Å². The van der Waals surface area contributed by atoms with E-state index in [1.54, 1.807) is 0 Å². The van der Waals surface area contributed by atoms with Crippen LogP contribution >= 0.6 is 11.6 Å². The van der Waals surface area contributed by atoms with Gasteiger partial charge in [-0.25, -0.2) is 9.18 Å². The lowest BCUT2D eigenvalue weighted by molar-refractivity contribution is 0.621. The Morgan fingerprint density at radius 1 is 1.19 bits per heavy atom. The van der Waals surface area contributed by atoms with E-state index in [0.717, 1.165) is 4.57 Å². The van der Waals surface area contributed by atoms with Crippen LogP contribution in [0.25, 0.3) is 16.6 Å². The zero-order valence-corrected chi connectivity index (χ0v) is 11.3. The Kier molecular flexibility index (Phi) is 3.03. The van der Waals surface area contributed by atoms with E-state index in [-0.39, 0.29) is 22.3 Å². The molecule has 0 radical (unpaired) electrons. The first-order valence-corrected chi connectivity index (χ1v) is 6.36. The molecule has 0 saturated carbocycles. The Labute approximate surface area is 122 Å². The van der Waals surface area contributed by atoms with Crippen LogP contribution in [0.15, 0.2) is 46.0 Å². The van der Waals surface area contributed by atoms with Gasteiger partial charge in [0.15, 0.2) is 5.82 Å². The number of H-pyrrole nitrogens is 1. The summed E-state index contributed by atoms with van der Waals surface area (Å²) in [6.07, 6.45) is 0. The number of benzene rings is 2. The van der Waals surface area contributed by atoms with Crippen LogP contribution in [-0.2, 0) is 0 Å². The molecule has 0 bridgehead atoms. The van der Waals surface area contributed by atoms with Gasteiger partial charge in [-0.1, -0.05) is 17.7 Å². The van der Waals surface area contributed by atoms with Crippen molar-refractivity contribution in [2.45, 2.75) is 0 Å². The molecule has 7 heteroatoms. The monoisotopic (exact) mass is 305 g/mol. The molecule has 0 aliphatic carbocycles. The minimum absolute atomic E-state index is 0.0523. The fourth-order valence-corrected chi connectivity index (χ4v) is 2.33. The van der Waals surface area contributed by atoms with Crippen molar-refractivity contribution in [1.82, 2.24) is 9.55 Å². The number of anilines is 1. The number of rotatable bonds is 1. The zero-order valence-electron chi connectivity index (χ0n) is 10.6. The van der Waals surface area contributed by atoms with E-state index in [1.807, 2.05) is 0 Å². The maximum atomic E-state index is 14.2. The minimum atomic E-state index is -0.765. The summed E-state index contributed by atoms with van der Waals surface area (Å²) >= 11 is 5.91. The first kappa shape index (κ1) is 13.4. The van der Waals surface area contributed by atoms with Gasteiger partial charge in [-0.15, -0.1) is 0 Å². The molecule has 5 nitrogen and oxygen atoms in total. The molecule has 0 aliphatic rings. The van der Waals surface area contributed by atoms with Gasteiger partial charge in [-0.2, -0.15) is 0 Å². The number of halogens is 2. The van der Waals surface area contributed by atoms with Crippen molar-refractivity contribution >= 4 is 28.2 Å². The maximum absolute atomic E-state index is 14.2. The molecule has 2 aromatic carbocycles. The third-order valence-corrected chi connectivity index (χ3v) is 3.35. The molecule has 3 rings (SSSR count). The normalized spacial score (nSPS) is 11.0. The molecule has 1 aromatic heterocycles. The number of nitrogens with two attached hydrogens (primary N) is 1. The van der Waals surface area contributed by atoms with Crippen LogP contribution in [0.3, 0.4) is 0 Å². The molecular formula is C14H9ClFN3O2. The first-order valence-electron chi connectivity index (χ1n) is 5.98. The Morgan fingerprint density at radius 2 is 1.95 bits per heavy atom. The first-order chi connectivity index (χ1) is 9.99. The van der Waals surface area contributed by atoms with E-state index in [9.17, 15) is 14.0 Å². The van der Waals surface area contributed by atoms with Gasteiger partial charge < -0.3 is 5.73 Å². The number of nitrogen functional groups attached to an aromatic ring is 1. The molecule has 3 N–H and O–H groups in total. The fourth-order valence-electron chi connectivity index (χ4n) is 2.16. The van der Waals surface area contributed by atoms with Crippen molar-refractivity contribution in [3.8, 4) is 5.69 Å². The minimum Gasteiger partial charge on any atom is -0.396 e. The lowest BCUT2D eigenvalue weighted by atomic mass is 10.2. The van der Waals surface area contributed by atoms with Crippen LogP contribution in [-0.4, -0.2) is 9.55 Å². The van der Waals surface area contributed by atoms with E-state index in [4.69, 9.17) is 17.3 Å². The highest BCUT2D eigenvalue weighted by Gasteiger charge is 2.14. The summed E-state index contributed by atoms with van der Waals surface area (Å²) in [5.41, 5.74) is 4.26. The second-order valence-corrected chi connectivity index (χ2v) is 4.87. The molecule has 0 atom stereocenters. The van der Waals surface area contributed by atoms with Gasteiger partial charge in [0.2, 0.25) is 0 Å². The van der Waals surface area contributed by atoms with E-state index >= 15 is 0 Å². The van der Waals surface area contributed by atoms with Crippen LogP contribution in [0, 0.1) is 5.82 Å². The van der Waals surface area contributed by atoms with Crippen LogP contribution in [0.2, 0.25) is 5.02 Å². The molecule has 0 amide bonds. The van der Waals surface area contributed by atoms with Crippen LogP contribution in [0.1, 0.15) is 0 Å². The lowest BCUT2D eigenvalue weighted by Crippen LogP contribution is -2.29. The third-order valence-electron chi connectivity index (χ3n) is 3.12. The third kappa shape index (κ3) is 2.09. The number of aromatic nitrogens is 2. The Bertz CT molecular complexity index is 978. The Morgan fingerprint density at radius 3 is 2.71 bits per heavy atom. The number of nitrogens with zero attached hydrogens (tertiary/aromatic N) is 1. The van der Waals surface area contributed by atoms with Gasteiger partial charge in [0.1, 0.15) is 0 Å². The smallest absolute Gasteiger partial charge is 0.333 e. The molecule has 21 heavy (non-hydrogen) atoms. The lowest BCUT2D eigenvalue weighted by Gasteiger charge is -2.11. The molecule has 0 aliphatic heterocycles. The average molecular weight is 306 g/mol. The summed E-state index contributed by atoms with van der Waals surface area (Å²) in [6.45, 7) is 0. The van der Waals surface area contributed by atoms with Crippen molar-refractivity contribution in [2.24, 2.45) is 0 Å². The van der Waals surface area contributed by atoms with Gasteiger partial charge >= 0.3 is 5.69 Å². The number of nitrogens with one attached hydrogen (secondary N) is 1. The van der Waals surface area contributed by atoms with Crippen LogP contribution < -0.4 is 17.0 Å². The van der Waals surface area contributed by atoms with Crippen LogP contribution in [0.5, 0.6) is 0 Å². The zero-order chi connectivity index (χ0) is 15.1. The summed E-state index contributed by atoms with van der Waals surface area (Å²) in [5.74, 6) is -0.743. The Hall–Kier alpha value is -2.60. The van der Waals surface area contributed by atoms with Crippen molar-refractivity contribution in [2.75, 3.05) is 5.73 Å². The van der Waals surface area contributed by atoms with Gasteiger partial charge in [0.25, 0.3) is 5.56 Å². The summed E-state index contributed by atoms with van der Waals surface area (Å²) in [7, 11) is 0. The number of aromatic amines is 1. The molecular weight excluding hydrogens is 297 g/mol. The second kappa shape index (κ2) is 4.75. The van der Waals surface area contributed by atoms with E-state index < -0.39 is 17.1 Å². The highest BCUT2D eigenvalue weighted by atomic mass is 35.5. The van der Waals surface area contributed by atoms with Crippen molar-refractivity contribution in [3.63, 3.8) is 0 Å². The summed E-state index contributed by atoms with van der Waals surface area (Å²) < 4.78 is 15.2. The van der Waals surface area contributed by atoms with Gasteiger partial charge in [0, 0.05) is 5.02 Å². The second-order valence-electron chi connectivity index (χ2n) is 4.44. The molecule has 3 aromatic rings. The standard InChI is InChI=1S/C14H9ClFN3O2/c15-7-4-5-8-11(6-7)19(14(21)18-13(8)20)10-3-1-2-9(17)12(10)16/h1-6H,17H2,(H,18,20,21). The van der Waals surface area contributed by atoms with Crippen molar-refractivity contribution in [3.05, 3.63) is 68.1 Å². The molecule has 0 unspecified atom stereocenters. The summed E-state index contributed by atoms with van der Waals surface area (Å²) in [6, 6.07) is 8.70. The van der Waals surface area contributed by atoms with E-state index in [1.165, 1.54) is 36.4 Å². The quantitative estimate of drug-likeness (QED) is 0.675. The molecule has 0 spiro atoms. The molecule has 1 heterocycles. The van der Waals surface area contributed by atoms with Crippen molar-refractivity contribution in [1.29, 1.82) is 0 Å². The molecule has 0 saturated heterocycles. The van der Waals surface area contributed by atoms with Gasteiger partial charge in [-0.3, -0.25) is 14.3 Å². The topological polar surface area (TPSA) is 80.9 Å². The predicted octanol–water partition coefficient (Wildman–Crippen LogP) is 2.05. The average Bonchev–Trinajstić information content (AvgIpc) is 2.43. The fraction of sp³-hybridized carbons (Fsp3) is 0. The SMILES string of the molecule is Nc1cccc(-n2c(=O)[nH]c(=O)c3ccc(Cl)cc32)c1F. The van der Waals surface area contributed by atoms with E-state index in [0.29, 0.717) is 5.02 Å². The predicted molar refractivity (Wildman–Crippen MR) is 79.5 cm³/mol. The van der Waals surface area contributed by atoms with Crippen LogP contribution in [0.4, 0.5) is 10.1 Å². The highest BCUT2D eigenvalue weighted by molar-refractivity contribution is 6.31. The van der Waals surface area contributed by atoms with Gasteiger partial charge in [-0.05, 0) is 30.3 Å². The maximum Gasteiger partial charge on any atom is 0.333 e. The largest absolute Gasteiger partial charge is 0.396 e. The molecule has 0 fully saturated rings. The summed E-state index contributed by atoms with van der Waals surface area (Å²) in [4.78, 5) is 26.0. The number of hydrogen-bond donors (Lipinski definition) is 2. The molecule has 106 valence electrons. The van der Waals surface area contributed by atoms with E-state index in [2.05, 4.69) is 4.98 Å². The summed E-state index contributed by atoms with van der Waals surface area (Å²) in [5, 5.41) is 0.548.